The SMILES string of the molecule is Cc1cc(OCCCS(=O)O)cc(C)c1-c1ccc(F)c2c1CC[C@H]2Nc1cnc([C@@H]2C[C@H]2C(=O)O)cn1. The molecule has 2 aliphatic rings. The molecule has 0 bridgehead atoms. The third-order valence-electron chi connectivity index (χ3n) is 7.32. The Balaban J connectivity index is 1.34. The van der Waals surface area contributed by atoms with Crippen LogP contribution < -0.4 is 10.1 Å². The number of carboxylic acids is 1. The van der Waals surface area contributed by atoms with Gasteiger partial charge in [0.15, 0.2) is 11.1 Å². The molecule has 0 saturated heterocycles. The van der Waals surface area contributed by atoms with Crippen molar-refractivity contribution < 1.29 is 27.8 Å². The van der Waals surface area contributed by atoms with Crippen LogP contribution in [0.15, 0.2) is 36.7 Å². The number of halogens is 1. The Morgan fingerprint density at radius 3 is 2.61 bits per heavy atom. The molecule has 200 valence electrons. The molecule has 0 radical (unpaired) electrons. The second kappa shape index (κ2) is 10.8. The highest BCUT2D eigenvalue weighted by atomic mass is 32.2. The summed E-state index contributed by atoms with van der Waals surface area (Å²) < 4.78 is 40.7. The number of nitrogens with zero attached hydrogens (tertiary/aromatic N) is 2. The van der Waals surface area contributed by atoms with Crippen molar-refractivity contribution in [2.75, 3.05) is 17.7 Å². The van der Waals surface area contributed by atoms with Crippen LogP contribution in [0.3, 0.4) is 0 Å². The molecule has 0 aliphatic heterocycles. The maximum absolute atomic E-state index is 15.1. The molecule has 1 saturated carbocycles. The molecule has 1 aromatic heterocycles. The van der Waals surface area contributed by atoms with Gasteiger partial charge in [0.25, 0.3) is 0 Å². The average molecular weight is 540 g/mol. The Bertz CT molecular complexity index is 1370. The van der Waals surface area contributed by atoms with Crippen molar-refractivity contribution in [2.45, 2.75) is 51.5 Å². The second-order valence-corrected chi connectivity index (χ2v) is 11.0. The molecule has 5 rings (SSSR count). The Hall–Kier alpha value is -3.37. The molecule has 2 aromatic carbocycles. The number of carboxylic acid groups (broad SMARTS) is 1. The average Bonchev–Trinajstić information content (AvgIpc) is 3.57. The molecule has 1 unspecified atom stereocenters. The molecule has 10 heteroatoms. The van der Waals surface area contributed by atoms with E-state index in [-0.39, 0.29) is 29.4 Å². The summed E-state index contributed by atoms with van der Waals surface area (Å²) in [5.74, 6) is -0.136. The van der Waals surface area contributed by atoms with Crippen molar-refractivity contribution >= 4 is 22.9 Å². The Labute approximate surface area is 223 Å². The van der Waals surface area contributed by atoms with Gasteiger partial charge in [-0.05, 0) is 85.5 Å². The van der Waals surface area contributed by atoms with Gasteiger partial charge in [0.2, 0.25) is 0 Å². The molecule has 1 heterocycles. The molecule has 0 spiro atoms. The summed E-state index contributed by atoms with van der Waals surface area (Å²) in [6.07, 6.45) is 5.69. The molecule has 2 aliphatic carbocycles. The van der Waals surface area contributed by atoms with E-state index in [1.54, 1.807) is 12.4 Å². The summed E-state index contributed by atoms with van der Waals surface area (Å²) in [4.78, 5) is 20.0. The monoisotopic (exact) mass is 539 g/mol. The van der Waals surface area contributed by atoms with E-state index in [9.17, 15) is 9.00 Å². The van der Waals surface area contributed by atoms with Crippen molar-refractivity contribution in [2.24, 2.45) is 5.92 Å². The molecule has 0 amide bonds. The number of carbonyl (C=O) groups is 1. The zero-order valence-corrected chi connectivity index (χ0v) is 22.1. The number of aryl methyl sites for hydroxylation is 2. The van der Waals surface area contributed by atoms with Crippen LogP contribution in [0.5, 0.6) is 5.75 Å². The zero-order valence-electron chi connectivity index (χ0n) is 21.2. The highest BCUT2D eigenvalue weighted by Gasteiger charge is 2.45. The minimum atomic E-state index is -1.83. The van der Waals surface area contributed by atoms with Crippen LogP contribution in [0, 0.1) is 25.6 Å². The van der Waals surface area contributed by atoms with Crippen LogP contribution in [0.1, 0.15) is 59.2 Å². The lowest BCUT2D eigenvalue weighted by Gasteiger charge is -2.19. The lowest BCUT2D eigenvalue weighted by molar-refractivity contribution is -0.138. The number of benzene rings is 2. The number of hydrogen-bond donors (Lipinski definition) is 3. The van der Waals surface area contributed by atoms with E-state index in [1.165, 1.54) is 6.07 Å². The van der Waals surface area contributed by atoms with Crippen molar-refractivity contribution in [3.8, 4) is 16.9 Å². The number of nitrogens with one attached hydrogen (secondary N) is 1. The number of aliphatic carboxylic acids is 1. The van der Waals surface area contributed by atoms with E-state index in [0.29, 0.717) is 55.1 Å². The standard InChI is InChI=1S/C28H30FN3O5S/c1-15-10-17(37-8-3-9-38(35)36)11-16(2)26(15)18-4-6-22(29)27-19(18)5-7-23(27)32-25-14-30-24(13-31-25)20-12-21(20)28(33)34/h4,6,10-11,13-14,20-21,23H,3,5,7-9,12H2,1-2H3,(H,31,32)(H,33,34)(H,35,36)/t20-,21-,23-/m1/s1. The minimum absolute atomic E-state index is 0.0874. The minimum Gasteiger partial charge on any atom is -0.494 e. The first kappa shape index (κ1) is 26.2. The second-order valence-electron chi connectivity index (χ2n) is 10.00. The van der Waals surface area contributed by atoms with Gasteiger partial charge < -0.3 is 19.7 Å². The third kappa shape index (κ3) is 5.42. The maximum Gasteiger partial charge on any atom is 0.307 e. The molecule has 4 atom stereocenters. The van der Waals surface area contributed by atoms with Gasteiger partial charge in [0.1, 0.15) is 17.4 Å². The highest BCUT2D eigenvalue weighted by molar-refractivity contribution is 7.79. The molecule has 3 aromatic rings. The lowest BCUT2D eigenvalue weighted by atomic mass is 9.90. The molecule has 3 N–H and O–H groups in total. The first-order valence-electron chi connectivity index (χ1n) is 12.7. The van der Waals surface area contributed by atoms with Gasteiger partial charge in [0.05, 0.1) is 42.4 Å². The summed E-state index contributed by atoms with van der Waals surface area (Å²) in [5, 5.41) is 12.5. The van der Waals surface area contributed by atoms with Gasteiger partial charge >= 0.3 is 5.97 Å². The number of fused-ring (bicyclic) bond motifs is 1. The molecule has 1 fully saturated rings. The van der Waals surface area contributed by atoms with Gasteiger partial charge in [-0.25, -0.2) is 13.6 Å². The normalized spacial score (nSPS) is 20.6. The topological polar surface area (TPSA) is 122 Å². The number of aromatic nitrogens is 2. The van der Waals surface area contributed by atoms with E-state index in [2.05, 4.69) is 15.3 Å². The lowest BCUT2D eigenvalue weighted by Crippen LogP contribution is -2.11. The number of ether oxygens (including phenoxy) is 1. The van der Waals surface area contributed by atoms with E-state index in [0.717, 1.165) is 27.8 Å². The third-order valence-corrected chi connectivity index (χ3v) is 7.96. The van der Waals surface area contributed by atoms with Crippen molar-refractivity contribution in [3.63, 3.8) is 0 Å². The van der Waals surface area contributed by atoms with Crippen LogP contribution in [-0.4, -0.2) is 42.2 Å². The van der Waals surface area contributed by atoms with E-state index in [1.807, 2.05) is 32.0 Å². The number of hydrogen-bond acceptors (Lipinski definition) is 6. The van der Waals surface area contributed by atoms with Crippen LogP contribution in [0.25, 0.3) is 11.1 Å². The van der Waals surface area contributed by atoms with Crippen LogP contribution >= 0.6 is 0 Å². The highest BCUT2D eigenvalue weighted by Crippen LogP contribution is 2.47. The van der Waals surface area contributed by atoms with E-state index in [4.69, 9.17) is 14.4 Å². The van der Waals surface area contributed by atoms with Gasteiger partial charge in [-0.3, -0.25) is 9.78 Å². The predicted molar refractivity (Wildman–Crippen MR) is 142 cm³/mol. The van der Waals surface area contributed by atoms with Gasteiger partial charge in [-0.1, -0.05) is 6.07 Å². The smallest absolute Gasteiger partial charge is 0.307 e. The number of anilines is 1. The Kier molecular flexibility index (Phi) is 7.45. The summed E-state index contributed by atoms with van der Waals surface area (Å²) >= 11 is -1.83. The molecular formula is C28H30FN3O5S. The predicted octanol–water partition coefficient (Wildman–Crippen LogP) is 5.18. The van der Waals surface area contributed by atoms with Crippen LogP contribution in [0.4, 0.5) is 10.2 Å². The molecule has 8 nitrogen and oxygen atoms in total. The molecule has 38 heavy (non-hydrogen) atoms. The summed E-state index contributed by atoms with van der Waals surface area (Å²) in [6.45, 7) is 4.36. The number of rotatable bonds is 10. The van der Waals surface area contributed by atoms with Gasteiger partial charge in [0, 0.05) is 11.5 Å². The molecular weight excluding hydrogens is 509 g/mol. The van der Waals surface area contributed by atoms with Crippen LogP contribution in [-0.2, 0) is 22.3 Å². The Morgan fingerprint density at radius 2 is 1.97 bits per heavy atom. The van der Waals surface area contributed by atoms with Crippen molar-refractivity contribution in [3.05, 3.63) is 70.4 Å². The first-order chi connectivity index (χ1) is 18.2. The summed E-state index contributed by atoms with van der Waals surface area (Å²) in [5.41, 5.74) is 6.35. The summed E-state index contributed by atoms with van der Waals surface area (Å²) in [7, 11) is 0. The maximum atomic E-state index is 15.1. The van der Waals surface area contributed by atoms with Crippen molar-refractivity contribution in [1.82, 2.24) is 9.97 Å². The fourth-order valence-electron chi connectivity index (χ4n) is 5.48. The zero-order chi connectivity index (χ0) is 27.0. The Morgan fingerprint density at radius 1 is 1.21 bits per heavy atom. The first-order valence-corrected chi connectivity index (χ1v) is 13.9. The fraction of sp³-hybridized carbons (Fsp3) is 0.393. The fourth-order valence-corrected chi connectivity index (χ4v) is 5.84. The van der Waals surface area contributed by atoms with Gasteiger partial charge in [-0.2, -0.15) is 0 Å². The van der Waals surface area contributed by atoms with E-state index < -0.39 is 17.0 Å². The van der Waals surface area contributed by atoms with Crippen LogP contribution in [0.2, 0.25) is 0 Å². The summed E-state index contributed by atoms with van der Waals surface area (Å²) in [6, 6.07) is 7.00. The van der Waals surface area contributed by atoms with Crippen molar-refractivity contribution in [1.29, 1.82) is 0 Å². The van der Waals surface area contributed by atoms with E-state index >= 15 is 4.39 Å². The van der Waals surface area contributed by atoms with Gasteiger partial charge in [-0.15, -0.1) is 0 Å². The largest absolute Gasteiger partial charge is 0.494 e. The quantitative estimate of drug-likeness (QED) is 0.238.